The molecule has 0 aromatic heterocycles. The number of nitrogens with zero attached hydrogens (tertiary/aromatic N) is 1. The summed E-state index contributed by atoms with van der Waals surface area (Å²) in [6.07, 6.45) is 3.80. The first-order chi connectivity index (χ1) is 8.65. The summed E-state index contributed by atoms with van der Waals surface area (Å²) in [6.45, 7) is 7.76. The van der Waals surface area contributed by atoms with Crippen molar-refractivity contribution >= 4 is 18.0 Å². The maximum absolute atomic E-state index is 5.13. The molecular formula is C15H19NOS. The van der Waals surface area contributed by atoms with Gasteiger partial charge in [0.2, 0.25) is 0 Å². The molecule has 0 spiro atoms. The second-order valence-electron chi connectivity index (χ2n) is 3.85. The first-order valence-corrected chi connectivity index (χ1v) is 6.76. The van der Waals surface area contributed by atoms with Gasteiger partial charge in [-0.05, 0) is 37.6 Å². The summed E-state index contributed by atoms with van der Waals surface area (Å²) in [5.41, 5.74) is 2.26. The molecule has 0 amide bonds. The van der Waals surface area contributed by atoms with E-state index in [0.717, 1.165) is 22.1 Å². The lowest BCUT2D eigenvalue weighted by atomic mass is 10.2. The molecule has 0 aliphatic rings. The summed E-state index contributed by atoms with van der Waals surface area (Å²) >= 11 is 1.70. The molecule has 0 unspecified atom stereocenters. The average Bonchev–Trinajstić information content (AvgIpc) is 2.36. The van der Waals surface area contributed by atoms with Crippen LogP contribution in [0.25, 0.3) is 0 Å². The third kappa shape index (κ3) is 5.23. The van der Waals surface area contributed by atoms with Crippen molar-refractivity contribution in [1.29, 1.82) is 0 Å². The van der Waals surface area contributed by atoms with Gasteiger partial charge in [-0.15, -0.1) is 11.8 Å². The smallest absolute Gasteiger partial charge is 0.118 e. The number of allylic oxidation sites excluding steroid dienone is 2. The summed E-state index contributed by atoms with van der Waals surface area (Å²) in [4.78, 5) is 4.33. The molecule has 1 aromatic rings. The molecule has 3 heteroatoms. The molecule has 0 bridgehead atoms. The van der Waals surface area contributed by atoms with Gasteiger partial charge in [0.05, 0.1) is 12.1 Å². The third-order valence-corrected chi connectivity index (χ3v) is 3.17. The molecule has 0 N–H and O–H groups in total. The zero-order valence-corrected chi connectivity index (χ0v) is 12.0. The Kier molecular flexibility index (Phi) is 6.29. The summed E-state index contributed by atoms with van der Waals surface area (Å²) in [6, 6.07) is 8.09. The number of methoxy groups -OCH3 is 1. The van der Waals surface area contributed by atoms with Crippen LogP contribution in [0, 0.1) is 0 Å². The first kappa shape index (κ1) is 14.6. The predicted molar refractivity (Wildman–Crippen MR) is 81.4 cm³/mol. The monoisotopic (exact) mass is 261 g/mol. The van der Waals surface area contributed by atoms with Gasteiger partial charge in [0, 0.05) is 12.0 Å². The topological polar surface area (TPSA) is 21.6 Å². The molecule has 0 saturated carbocycles. The van der Waals surface area contributed by atoms with Crippen molar-refractivity contribution in [2.75, 3.05) is 7.11 Å². The van der Waals surface area contributed by atoms with Crippen molar-refractivity contribution in [1.82, 2.24) is 0 Å². The van der Waals surface area contributed by atoms with E-state index in [-0.39, 0.29) is 0 Å². The summed E-state index contributed by atoms with van der Waals surface area (Å²) in [5.74, 6) is 1.77. The quantitative estimate of drug-likeness (QED) is 0.558. The highest BCUT2D eigenvalue weighted by atomic mass is 32.2. The molecule has 0 radical (unpaired) electrons. The number of rotatable bonds is 6. The van der Waals surface area contributed by atoms with Crippen LogP contribution in [-0.2, 0) is 5.75 Å². The zero-order valence-electron chi connectivity index (χ0n) is 11.1. The zero-order chi connectivity index (χ0) is 13.4. The SMILES string of the molecule is C=C(C)/C=C(\N=C/C)SCc1ccc(OC)cc1. The Balaban J connectivity index is 2.64. The molecular weight excluding hydrogens is 242 g/mol. The molecule has 0 aliphatic heterocycles. The van der Waals surface area contributed by atoms with Gasteiger partial charge < -0.3 is 4.74 Å². The van der Waals surface area contributed by atoms with E-state index < -0.39 is 0 Å². The number of aliphatic imine (C=N–C) groups is 1. The summed E-state index contributed by atoms with van der Waals surface area (Å²) in [7, 11) is 1.67. The van der Waals surface area contributed by atoms with Crippen LogP contribution in [-0.4, -0.2) is 13.3 Å². The predicted octanol–water partition coefficient (Wildman–Crippen LogP) is 4.44. The number of ether oxygens (including phenoxy) is 1. The molecule has 1 rings (SSSR count). The largest absolute Gasteiger partial charge is 0.497 e. The normalized spacial score (nSPS) is 11.8. The van der Waals surface area contributed by atoms with E-state index in [2.05, 4.69) is 23.7 Å². The molecule has 0 saturated heterocycles. The fraction of sp³-hybridized carbons (Fsp3) is 0.267. The fourth-order valence-electron chi connectivity index (χ4n) is 1.33. The van der Waals surface area contributed by atoms with Crippen LogP contribution < -0.4 is 4.74 Å². The minimum absolute atomic E-state index is 0.882. The van der Waals surface area contributed by atoms with Gasteiger partial charge >= 0.3 is 0 Å². The Hall–Kier alpha value is -1.48. The molecule has 0 heterocycles. The highest BCUT2D eigenvalue weighted by Crippen LogP contribution is 2.24. The molecule has 0 atom stereocenters. The van der Waals surface area contributed by atoms with E-state index >= 15 is 0 Å². The van der Waals surface area contributed by atoms with Crippen LogP contribution in [0.15, 0.2) is 52.5 Å². The highest BCUT2D eigenvalue weighted by molar-refractivity contribution is 8.02. The van der Waals surface area contributed by atoms with Crippen LogP contribution in [0.2, 0.25) is 0 Å². The second-order valence-corrected chi connectivity index (χ2v) is 4.85. The van der Waals surface area contributed by atoms with E-state index in [1.807, 2.05) is 32.1 Å². The second kappa shape index (κ2) is 7.77. The number of hydrogen-bond donors (Lipinski definition) is 0. The van der Waals surface area contributed by atoms with E-state index in [1.54, 1.807) is 25.1 Å². The Labute approximate surface area is 113 Å². The highest BCUT2D eigenvalue weighted by Gasteiger charge is 1.99. The van der Waals surface area contributed by atoms with Crippen LogP contribution in [0.4, 0.5) is 0 Å². The third-order valence-electron chi connectivity index (χ3n) is 2.17. The summed E-state index contributed by atoms with van der Waals surface area (Å²) < 4.78 is 5.13. The Morgan fingerprint density at radius 2 is 2.06 bits per heavy atom. The van der Waals surface area contributed by atoms with Gasteiger partial charge in [-0.1, -0.05) is 24.3 Å². The maximum atomic E-state index is 5.13. The van der Waals surface area contributed by atoms with Crippen LogP contribution >= 0.6 is 11.8 Å². The Morgan fingerprint density at radius 1 is 1.39 bits per heavy atom. The molecule has 0 fully saturated rings. The lowest BCUT2D eigenvalue weighted by Gasteiger charge is -2.04. The fourth-order valence-corrected chi connectivity index (χ4v) is 2.30. The molecule has 0 aliphatic carbocycles. The lowest BCUT2D eigenvalue weighted by molar-refractivity contribution is 0.414. The van der Waals surface area contributed by atoms with Crippen molar-refractivity contribution in [3.8, 4) is 5.75 Å². The lowest BCUT2D eigenvalue weighted by Crippen LogP contribution is -1.85. The van der Waals surface area contributed by atoms with Crippen molar-refractivity contribution in [3.05, 3.63) is 53.1 Å². The Bertz CT molecular complexity index is 446. The van der Waals surface area contributed by atoms with E-state index in [4.69, 9.17) is 4.74 Å². The van der Waals surface area contributed by atoms with Gasteiger partial charge in [-0.3, -0.25) is 4.99 Å². The minimum Gasteiger partial charge on any atom is -0.497 e. The molecule has 18 heavy (non-hydrogen) atoms. The van der Waals surface area contributed by atoms with Gasteiger partial charge in [0.1, 0.15) is 5.75 Å². The average molecular weight is 261 g/mol. The van der Waals surface area contributed by atoms with Crippen molar-refractivity contribution in [2.45, 2.75) is 19.6 Å². The molecule has 2 nitrogen and oxygen atoms in total. The van der Waals surface area contributed by atoms with Gasteiger partial charge in [0.15, 0.2) is 0 Å². The van der Waals surface area contributed by atoms with Gasteiger partial charge in [-0.25, -0.2) is 0 Å². The standard InChI is InChI=1S/C15H19NOS/c1-5-16-15(10-12(2)3)18-11-13-6-8-14(17-4)9-7-13/h5-10H,2,11H2,1,3-4H3/b15-10+,16-5-. The van der Waals surface area contributed by atoms with Crippen LogP contribution in [0.3, 0.4) is 0 Å². The van der Waals surface area contributed by atoms with Crippen LogP contribution in [0.5, 0.6) is 5.75 Å². The first-order valence-electron chi connectivity index (χ1n) is 5.77. The van der Waals surface area contributed by atoms with E-state index in [0.29, 0.717) is 0 Å². The number of benzene rings is 1. The number of thioether (sulfide) groups is 1. The van der Waals surface area contributed by atoms with Gasteiger partial charge in [-0.2, -0.15) is 0 Å². The van der Waals surface area contributed by atoms with E-state index in [9.17, 15) is 0 Å². The van der Waals surface area contributed by atoms with Gasteiger partial charge in [0.25, 0.3) is 0 Å². The molecule has 96 valence electrons. The maximum Gasteiger partial charge on any atom is 0.118 e. The van der Waals surface area contributed by atoms with Crippen molar-refractivity contribution in [3.63, 3.8) is 0 Å². The molecule has 1 aromatic carbocycles. The van der Waals surface area contributed by atoms with Crippen molar-refractivity contribution < 1.29 is 4.74 Å². The van der Waals surface area contributed by atoms with Crippen LogP contribution in [0.1, 0.15) is 19.4 Å². The Morgan fingerprint density at radius 3 is 2.56 bits per heavy atom. The summed E-state index contributed by atoms with van der Waals surface area (Å²) in [5, 5.41) is 0.987. The minimum atomic E-state index is 0.882. The van der Waals surface area contributed by atoms with Crippen molar-refractivity contribution in [2.24, 2.45) is 4.99 Å². The van der Waals surface area contributed by atoms with E-state index in [1.165, 1.54) is 5.56 Å². The number of hydrogen-bond acceptors (Lipinski definition) is 3.